The molecule has 0 saturated carbocycles. The van der Waals surface area contributed by atoms with Crippen molar-refractivity contribution in [3.63, 3.8) is 0 Å². The summed E-state index contributed by atoms with van der Waals surface area (Å²) in [6.07, 6.45) is 0. The first-order chi connectivity index (χ1) is 13.2. The molecule has 0 spiro atoms. The van der Waals surface area contributed by atoms with Gasteiger partial charge in [-0.1, -0.05) is 36.4 Å². The number of nitrogens with zero attached hydrogens (tertiary/aromatic N) is 1. The Morgan fingerprint density at radius 1 is 1.15 bits per heavy atom. The fourth-order valence-electron chi connectivity index (χ4n) is 3.55. The lowest BCUT2D eigenvalue weighted by molar-refractivity contribution is 0.0162. The first-order valence-corrected chi connectivity index (χ1v) is 9.14. The smallest absolute Gasteiger partial charge is 0.267 e. The highest BCUT2D eigenvalue weighted by atomic mass is 19.1. The van der Waals surface area contributed by atoms with E-state index in [1.165, 1.54) is 6.07 Å². The van der Waals surface area contributed by atoms with Gasteiger partial charge in [-0.2, -0.15) is 0 Å². The summed E-state index contributed by atoms with van der Waals surface area (Å²) in [6.45, 7) is 3.51. The molecule has 2 N–H and O–H groups in total. The van der Waals surface area contributed by atoms with Crippen molar-refractivity contribution in [1.29, 1.82) is 0 Å². The lowest BCUT2D eigenvalue weighted by atomic mass is 10.0. The topological polar surface area (TPSA) is 57.4 Å². The molecule has 1 aliphatic rings. The van der Waals surface area contributed by atoms with Gasteiger partial charge in [-0.3, -0.25) is 9.69 Å². The number of halogens is 1. The number of ether oxygens (including phenoxy) is 1. The van der Waals surface area contributed by atoms with Crippen molar-refractivity contribution in [1.82, 2.24) is 15.2 Å². The summed E-state index contributed by atoms with van der Waals surface area (Å²) < 4.78 is 19.3. The molecule has 27 heavy (non-hydrogen) atoms. The maximum Gasteiger partial charge on any atom is 0.267 e. The van der Waals surface area contributed by atoms with E-state index < -0.39 is 0 Å². The summed E-state index contributed by atoms with van der Waals surface area (Å²) in [5.41, 5.74) is 2.14. The fourth-order valence-corrected chi connectivity index (χ4v) is 3.55. The van der Waals surface area contributed by atoms with Crippen molar-refractivity contribution in [2.45, 2.75) is 6.04 Å². The number of hydrogen-bond acceptors (Lipinski definition) is 3. The first-order valence-electron chi connectivity index (χ1n) is 9.14. The van der Waals surface area contributed by atoms with E-state index in [1.54, 1.807) is 18.2 Å². The normalized spacial score (nSPS) is 16.3. The molecule has 1 saturated heterocycles. The third-order valence-electron chi connectivity index (χ3n) is 4.98. The molecular weight excluding hydrogens is 345 g/mol. The van der Waals surface area contributed by atoms with E-state index in [4.69, 9.17) is 4.74 Å². The highest BCUT2D eigenvalue weighted by Gasteiger charge is 2.23. The Kier molecular flexibility index (Phi) is 5.18. The molecule has 140 valence electrons. The van der Waals surface area contributed by atoms with Gasteiger partial charge in [-0.25, -0.2) is 4.39 Å². The van der Waals surface area contributed by atoms with Gasteiger partial charge in [-0.05, 0) is 23.8 Å². The number of H-pyrrole nitrogens is 1. The SMILES string of the molecule is O=C(NCC(c1ccccc1)N1CCOCC1)c1cc2c(F)cccc2[nH]1. The van der Waals surface area contributed by atoms with Crippen LogP contribution in [0.2, 0.25) is 0 Å². The predicted octanol–water partition coefficient (Wildman–Crippen LogP) is 3.11. The zero-order valence-electron chi connectivity index (χ0n) is 15.0. The van der Waals surface area contributed by atoms with Crippen LogP contribution in [-0.2, 0) is 4.74 Å². The van der Waals surface area contributed by atoms with Crippen molar-refractivity contribution < 1.29 is 13.9 Å². The van der Waals surface area contributed by atoms with Crippen LogP contribution < -0.4 is 5.32 Å². The van der Waals surface area contributed by atoms with Gasteiger partial charge < -0.3 is 15.0 Å². The van der Waals surface area contributed by atoms with Crippen molar-refractivity contribution in [2.24, 2.45) is 0 Å². The maximum atomic E-state index is 13.9. The molecule has 4 rings (SSSR count). The fraction of sp³-hybridized carbons (Fsp3) is 0.286. The summed E-state index contributed by atoms with van der Waals surface area (Å²) >= 11 is 0. The molecule has 3 aromatic rings. The highest BCUT2D eigenvalue weighted by molar-refractivity contribution is 5.98. The predicted molar refractivity (Wildman–Crippen MR) is 102 cm³/mol. The molecule has 1 amide bonds. The van der Waals surface area contributed by atoms with Gasteiger partial charge in [0.05, 0.1) is 19.3 Å². The van der Waals surface area contributed by atoms with Crippen LogP contribution in [0.3, 0.4) is 0 Å². The molecule has 0 bridgehead atoms. The quantitative estimate of drug-likeness (QED) is 0.729. The monoisotopic (exact) mass is 367 g/mol. The third kappa shape index (κ3) is 3.86. The molecule has 1 aliphatic heterocycles. The van der Waals surface area contributed by atoms with Crippen LogP contribution in [0, 0.1) is 5.82 Å². The molecule has 2 heterocycles. The van der Waals surface area contributed by atoms with E-state index in [0.717, 1.165) is 18.7 Å². The molecule has 6 heteroatoms. The van der Waals surface area contributed by atoms with Crippen LogP contribution in [0.25, 0.3) is 10.9 Å². The second kappa shape index (κ2) is 7.90. The Bertz CT molecular complexity index is 920. The molecule has 1 unspecified atom stereocenters. The Morgan fingerprint density at radius 3 is 2.67 bits per heavy atom. The number of nitrogens with one attached hydrogen (secondary N) is 2. The Morgan fingerprint density at radius 2 is 1.93 bits per heavy atom. The minimum Gasteiger partial charge on any atom is -0.379 e. The number of carbonyl (C=O) groups excluding carboxylic acids is 1. The van der Waals surface area contributed by atoms with Crippen molar-refractivity contribution >= 4 is 16.8 Å². The second-order valence-electron chi connectivity index (χ2n) is 6.67. The molecule has 0 radical (unpaired) electrons. The lowest BCUT2D eigenvalue weighted by Crippen LogP contribution is -2.43. The number of hydrogen-bond donors (Lipinski definition) is 2. The van der Waals surface area contributed by atoms with E-state index in [9.17, 15) is 9.18 Å². The van der Waals surface area contributed by atoms with Gasteiger partial charge in [0.25, 0.3) is 5.91 Å². The Hall–Kier alpha value is -2.70. The second-order valence-corrected chi connectivity index (χ2v) is 6.67. The van der Waals surface area contributed by atoms with E-state index in [1.807, 2.05) is 18.2 Å². The van der Waals surface area contributed by atoms with Crippen LogP contribution in [-0.4, -0.2) is 48.6 Å². The van der Waals surface area contributed by atoms with E-state index in [0.29, 0.717) is 36.4 Å². The van der Waals surface area contributed by atoms with Crippen LogP contribution in [0.1, 0.15) is 22.1 Å². The molecule has 1 fully saturated rings. The molecule has 1 atom stereocenters. The number of carbonyl (C=O) groups is 1. The van der Waals surface area contributed by atoms with Gasteiger partial charge >= 0.3 is 0 Å². The molecule has 5 nitrogen and oxygen atoms in total. The summed E-state index contributed by atoms with van der Waals surface area (Å²) in [6, 6.07) is 16.5. The summed E-state index contributed by atoms with van der Waals surface area (Å²) in [4.78, 5) is 18.0. The number of aromatic amines is 1. The standard InChI is InChI=1S/C21H22FN3O2/c22-17-7-4-8-18-16(17)13-19(24-18)21(26)23-14-20(15-5-2-1-3-6-15)25-9-11-27-12-10-25/h1-8,13,20,24H,9-12,14H2,(H,23,26). The lowest BCUT2D eigenvalue weighted by Gasteiger charge is -2.34. The summed E-state index contributed by atoms with van der Waals surface area (Å²) in [5.74, 6) is -0.571. The van der Waals surface area contributed by atoms with Crippen LogP contribution >= 0.6 is 0 Å². The van der Waals surface area contributed by atoms with Gasteiger partial charge in [-0.15, -0.1) is 0 Å². The molecule has 0 aliphatic carbocycles. The van der Waals surface area contributed by atoms with Crippen molar-refractivity contribution in [3.05, 3.63) is 71.7 Å². The Labute approximate surface area is 157 Å². The highest BCUT2D eigenvalue weighted by Crippen LogP contribution is 2.22. The van der Waals surface area contributed by atoms with E-state index in [2.05, 4.69) is 27.3 Å². The number of amides is 1. The van der Waals surface area contributed by atoms with E-state index in [-0.39, 0.29) is 17.8 Å². The number of morpholine rings is 1. The molecule has 1 aromatic heterocycles. The van der Waals surface area contributed by atoms with Gasteiger partial charge in [0.1, 0.15) is 11.5 Å². The maximum absolute atomic E-state index is 13.9. The Balaban J connectivity index is 1.50. The van der Waals surface area contributed by atoms with E-state index >= 15 is 0 Å². The largest absolute Gasteiger partial charge is 0.379 e. The van der Waals surface area contributed by atoms with Gasteiger partial charge in [0, 0.05) is 30.5 Å². The van der Waals surface area contributed by atoms with Crippen LogP contribution in [0.5, 0.6) is 0 Å². The number of benzene rings is 2. The average molecular weight is 367 g/mol. The minimum atomic E-state index is -0.335. The van der Waals surface area contributed by atoms with Gasteiger partial charge in [0.2, 0.25) is 0 Å². The van der Waals surface area contributed by atoms with Crippen LogP contribution in [0.15, 0.2) is 54.6 Å². The van der Waals surface area contributed by atoms with Gasteiger partial charge in [0.15, 0.2) is 0 Å². The van der Waals surface area contributed by atoms with Crippen molar-refractivity contribution in [3.8, 4) is 0 Å². The summed E-state index contributed by atoms with van der Waals surface area (Å²) in [5, 5.41) is 3.43. The molecule has 2 aromatic carbocycles. The van der Waals surface area contributed by atoms with Crippen molar-refractivity contribution in [2.75, 3.05) is 32.8 Å². The number of rotatable bonds is 5. The minimum absolute atomic E-state index is 0.0696. The number of fused-ring (bicyclic) bond motifs is 1. The first kappa shape index (κ1) is 17.7. The third-order valence-corrected chi connectivity index (χ3v) is 4.98. The van der Waals surface area contributed by atoms with Crippen LogP contribution in [0.4, 0.5) is 4.39 Å². The average Bonchev–Trinajstić information content (AvgIpc) is 3.16. The summed E-state index contributed by atoms with van der Waals surface area (Å²) in [7, 11) is 0. The zero-order valence-corrected chi connectivity index (χ0v) is 15.0. The molecular formula is C21H22FN3O2. The zero-order chi connectivity index (χ0) is 18.6. The number of aromatic nitrogens is 1.